The Bertz CT molecular complexity index is 1120. The Morgan fingerprint density at radius 1 is 0.758 bits per heavy atom. The van der Waals surface area contributed by atoms with E-state index < -0.39 is 5.60 Å². The summed E-state index contributed by atoms with van der Waals surface area (Å²) in [4.78, 5) is 12.9. The van der Waals surface area contributed by atoms with Crippen molar-refractivity contribution < 1.29 is 23.7 Å². The zero-order valence-corrected chi connectivity index (χ0v) is 19.1. The number of carbonyl (C=O) groups is 1. The van der Waals surface area contributed by atoms with Crippen LogP contribution in [0.5, 0.6) is 23.0 Å². The fourth-order valence-electron chi connectivity index (χ4n) is 4.48. The highest BCUT2D eigenvalue weighted by Crippen LogP contribution is 2.57. The predicted molar refractivity (Wildman–Crippen MR) is 126 cm³/mol. The monoisotopic (exact) mass is 444 g/mol. The molecular formula is C28H28O5. The van der Waals surface area contributed by atoms with Gasteiger partial charge in [-0.2, -0.15) is 0 Å². The van der Waals surface area contributed by atoms with Crippen molar-refractivity contribution in [3.8, 4) is 23.0 Å². The van der Waals surface area contributed by atoms with Crippen molar-refractivity contribution in [2.24, 2.45) is 0 Å². The van der Waals surface area contributed by atoms with Gasteiger partial charge in [-0.05, 0) is 43.2 Å². The van der Waals surface area contributed by atoms with Gasteiger partial charge in [-0.15, -0.1) is 0 Å². The van der Waals surface area contributed by atoms with E-state index in [1.165, 1.54) is 0 Å². The van der Waals surface area contributed by atoms with Crippen LogP contribution in [0.1, 0.15) is 66.6 Å². The van der Waals surface area contributed by atoms with E-state index in [-0.39, 0.29) is 5.97 Å². The molecule has 3 aromatic carbocycles. The summed E-state index contributed by atoms with van der Waals surface area (Å²) >= 11 is 0. The third-order valence-corrected chi connectivity index (χ3v) is 6.19. The molecule has 0 unspecified atom stereocenters. The van der Waals surface area contributed by atoms with Crippen LogP contribution in [0.4, 0.5) is 0 Å². The summed E-state index contributed by atoms with van der Waals surface area (Å²) in [5, 5.41) is 0. The van der Waals surface area contributed by atoms with Crippen molar-refractivity contribution in [1.82, 2.24) is 0 Å². The van der Waals surface area contributed by atoms with Crippen molar-refractivity contribution >= 4 is 5.97 Å². The van der Waals surface area contributed by atoms with Crippen LogP contribution in [-0.2, 0) is 10.3 Å². The molecule has 0 saturated heterocycles. The van der Waals surface area contributed by atoms with Crippen molar-refractivity contribution in [3.05, 3.63) is 82.9 Å². The molecule has 0 fully saturated rings. The van der Waals surface area contributed by atoms with E-state index in [9.17, 15) is 4.79 Å². The highest BCUT2D eigenvalue weighted by Gasteiger charge is 2.53. The molecular weight excluding hydrogens is 416 g/mol. The Kier molecular flexibility index (Phi) is 5.71. The molecule has 3 aromatic rings. The van der Waals surface area contributed by atoms with Gasteiger partial charge in [0, 0.05) is 28.8 Å². The van der Waals surface area contributed by atoms with E-state index in [1.807, 2.05) is 60.7 Å². The zero-order chi connectivity index (χ0) is 22.8. The Morgan fingerprint density at radius 2 is 1.33 bits per heavy atom. The molecule has 5 rings (SSSR count). The molecule has 0 atom stereocenters. The molecule has 5 heteroatoms. The summed E-state index contributed by atoms with van der Waals surface area (Å²) in [6.45, 7) is 5.55. The predicted octanol–water partition coefficient (Wildman–Crippen LogP) is 6.61. The Morgan fingerprint density at radius 3 is 1.91 bits per heavy atom. The van der Waals surface area contributed by atoms with Gasteiger partial charge in [0.1, 0.15) is 23.0 Å². The first-order chi connectivity index (χ1) is 16.2. The zero-order valence-electron chi connectivity index (χ0n) is 19.1. The van der Waals surface area contributed by atoms with Crippen LogP contribution in [0.3, 0.4) is 0 Å². The second-order valence-corrected chi connectivity index (χ2v) is 8.44. The van der Waals surface area contributed by atoms with E-state index in [0.29, 0.717) is 30.3 Å². The quantitative estimate of drug-likeness (QED) is 0.289. The first-order valence-electron chi connectivity index (χ1n) is 11.7. The summed E-state index contributed by atoms with van der Waals surface area (Å²) in [5.41, 5.74) is 1.90. The van der Waals surface area contributed by atoms with Gasteiger partial charge in [0.2, 0.25) is 0 Å². The SMILES string of the molecule is CCCCOc1ccc2c(c1)Oc1cc(OCCCC)ccc1C21OC(=O)c2ccccc21. The van der Waals surface area contributed by atoms with Crippen LogP contribution in [0.25, 0.3) is 0 Å². The molecule has 0 aliphatic carbocycles. The lowest BCUT2D eigenvalue weighted by Crippen LogP contribution is -2.33. The number of hydrogen-bond donors (Lipinski definition) is 0. The molecule has 170 valence electrons. The van der Waals surface area contributed by atoms with Crippen molar-refractivity contribution in [3.63, 3.8) is 0 Å². The largest absolute Gasteiger partial charge is 0.493 e. The fraction of sp³-hybridized carbons (Fsp3) is 0.321. The second kappa shape index (κ2) is 8.81. The maximum Gasteiger partial charge on any atom is 0.340 e. The number of benzene rings is 3. The molecule has 2 aliphatic rings. The molecule has 5 nitrogen and oxygen atoms in total. The molecule has 0 N–H and O–H groups in total. The Hall–Kier alpha value is -3.47. The van der Waals surface area contributed by atoms with Gasteiger partial charge in [0.25, 0.3) is 0 Å². The summed E-state index contributed by atoms with van der Waals surface area (Å²) in [7, 11) is 0. The highest BCUT2D eigenvalue weighted by atomic mass is 16.6. The normalized spacial score (nSPS) is 14.7. The molecule has 0 radical (unpaired) electrons. The van der Waals surface area contributed by atoms with Crippen molar-refractivity contribution in [1.29, 1.82) is 0 Å². The minimum absolute atomic E-state index is 0.337. The summed E-state index contributed by atoms with van der Waals surface area (Å²) in [5.74, 6) is 2.36. The molecule has 0 bridgehead atoms. The van der Waals surface area contributed by atoms with E-state index >= 15 is 0 Å². The van der Waals surface area contributed by atoms with E-state index in [2.05, 4.69) is 13.8 Å². The number of ether oxygens (including phenoxy) is 4. The molecule has 0 aromatic heterocycles. The first-order valence-corrected chi connectivity index (χ1v) is 11.7. The third kappa shape index (κ3) is 3.62. The standard InChI is InChI=1S/C28H28O5/c1-3-5-15-30-19-11-13-23-25(17-19)32-26-18-20(31-16-6-4-2)12-14-24(26)28(23)22-10-8-7-9-21(22)27(29)33-28/h7-14,17-18H,3-6,15-16H2,1-2H3. The Labute approximate surface area is 194 Å². The fourth-order valence-corrected chi connectivity index (χ4v) is 4.48. The number of unbranched alkanes of at least 4 members (excludes halogenated alkanes) is 2. The number of carbonyl (C=O) groups excluding carboxylic acids is 1. The summed E-state index contributed by atoms with van der Waals surface area (Å²) in [6.07, 6.45) is 4.08. The van der Waals surface area contributed by atoms with Crippen LogP contribution in [0.2, 0.25) is 0 Å². The van der Waals surface area contributed by atoms with Crippen LogP contribution < -0.4 is 14.2 Å². The number of rotatable bonds is 8. The minimum atomic E-state index is -1.07. The second-order valence-electron chi connectivity index (χ2n) is 8.44. The van der Waals surface area contributed by atoms with Gasteiger partial charge < -0.3 is 18.9 Å². The molecule has 0 saturated carbocycles. The molecule has 2 heterocycles. The van der Waals surface area contributed by atoms with Crippen LogP contribution in [0, 0.1) is 0 Å². The van der Waals surface area contributed by atoms with Crippen LogP contribution in [0.15, 0.2) is 60.7 Å². The van der Waals surface area contributed by atoms with Gasteiger partial charge >= 0.3 is 5.97 Å². The molecule has 1 spiro atoms. The lowest BCUT2D eigenvalue weighted by molar-refractivity contribution is 0.0224. The summed E-state index contributed by atoms with van der Waals surface area (Å²) < 4.78 is 24.4. The third-order valence-electron chi connectivity index (χ3n) is 6.19. The van der Waals surface area contributed by atoms with E-state index in [4.69, 9.17) is 18.9 Å². The molecule has 33 heavy (non-hydrogen) atoms. The van der Waals surface area contributed by atoms with Crippen molar-refractivity contribution in [2.45, 2.75) is 45.1 Å². The molecule has 2 aliphatic heterocycles. The van der Waals surface area contributed by atoms with E-state index in [1.54, 1.807) is 0 Å². The topological polar surface area (TPSA) is 54.0 Å². The maximum atomic E-state index is 12.9. The lowest BCUT2D eigenvalue weighted by Gasteiger charge is -2.36. The smallest absolute Gasteiger partial charge is 0.340 e. The van der Waals surface area contributed by atoms with Gasteiger partial charge in [0.15, 0.2) is 5.60 Å². The van der Waals surface area contributed by atoms with Gasteiger partial charge in [0.05, 0.1) is 18.8 Å². The number of hydrogen-bond acceptors (Lipinski definition) is 5. The summed E-state index contributed by atoms with van der Waals surface area (Å²) in [6, 6.07) is 19.0. The van der Waals surface area contributed by atoms with Crippen molar-refractivity contribution in [2.75, 3.05) is 13.2 Å². The number of esters is 1. The molecule has 0 amide bonds. The average Bonchev–Trinajstić information content (AvgIpc) is 3.12. The first kappa shape index (κ1) is 21.4. The van der Waals surface area contributed by atoms with E-state index in [0.717, 1.165) is 53.9 Å². The van der Waals surface area contributed by atoms with Gasteiger partial charge in [-0.3, -0.25) is 0 Å². The average molecular weight is 445 g/mol. The van der Waals surface area contributed by atoms with Crippen LogP contribution in [-0.4, -0.2) is 19.2 Å². The minimum Gasteiger partial charge on any atom is -0.493 e. The van der Waals surface area contributed by atoms with Gasteiger partial charge in [-0.25, -0.2) is 4.79 Å². The lowest BCUT2D eigenvalue weighted by atomic mass is 9.77. The van der Waals surface area contributed by atoms with Gasteiger partial charge in [-0.1, -0.05) is 44.9 Å². The Balaban J connectivity index is 1.63. The maximum absolute atomic E-state index is 12.9. The van der Waals surface area contributed by atoms with Crippen LogP contribution >= 0.6 is 0 Å². The number of fused-ring (bicyclic) bond motifs is 6. The highest BCUT2D eigenvalue weighted by molar-refractivity contribution is 5.97.